The Hall–Kier alpha value is -2.69. The predicted molar refractivity (Wildman–Crippen MR) is 86.0 cm³/mol. The summed E-state index contributed by atoms with van der Waals surface area (Å²) in [5, 5.41) is 2.37. The second-order valence-corrected chi connectivity index (χ2v) is 5.41. The third-order valence-corrected chi connectivity index (χ3v) is 3.48. The van der Waals surface area contributed by atoms with Gasteiger partial charge in [0, 0.05) is 0 Å². The number of hydrogen-bond acceptors (Lipinski definition) is 3. The fourth-order valence-electron chi connectivity index (χ4n) is 1.99. The van der Waals surface area contributed by atoms with Gasteiger partial charge in [-0.15, -0.1) is 0 Å². The molecule has 0 aliphatic rings. The van der Waals surface area contributed by atoms with Crippen LogP contribution in [0.5, 0.6) is 0 Å². The van der Waals surface area contributed by atoms with Crippen LogP contribution in [0.1, 0.15) is 27.0 Å². The number of carbonyl (C=O) groups excluding carboxylic acids is 2. The van der Waals surface area contributed by atoms with Crippen molar-refractivity contribution in [2.45, 2.75) is 20.8 Å². The van der Waals surface area contributed by atoms with Crippen LogP contribution >= 0.6 is 0 Å². The number of hydrogen-bond donors (Lipinski definition) is 1. The lowest BCUT2D eigenvalue weighted by Crippen LogP contribution is -2.21. The zero-order chi connectivity index (χ0) is 17.0. The Kier molecular flexibility index (Phi) is 5.11. The van der Waals surface area contributed by atoms with E-state index in [2.05, 4.69) is 5.32 Å². The first-order chi connectivity index (χ1) is 10.9. The summed E-state index contributed by atoms with van der Waals surface area (Å²) in [7, 11) is 0. The molecule has 5 heteroatoms. The van der Waals surface area contributed by atoms with Crippen molar-refractivity contribution in [2.75, 3.05) is 11.9 Å². The fourth-order valence-corrected chi connectivity index (χ4v) is 1.99. The number of benzene rings is 2. The van der Waals surface area contributed by atoms with Crippen LogP contribution < -0.4 is 5.32 Å². The van der Waals surface area contributed by atoms with Crippen LogP contribution in [-0.2, 0) is 9.53 Å². The average Bonchev–Trinajstić information content (AvgIpc) is 2.50. The Morgan fingerprint density at radius 1 is 1.04 bits per heavy atom. The van der Waals surface area contributed by atoms with E-state index in [0.29, 0.717) is 5.56 Å². The van der Waals surface area contributed by atoms with Crippen LogP contribution in [0.15, 0.2) is 36.4 Å². The zero-order valence-electron chi connectivity index (χ0n) is 13.3. The summed E-state index contributed by atoms with van der Waals surface area (Å²) in [6.07, 6.45) is 0. The summed E-state index contributed by atoms with van der Waals surface area (Å²) >= 11 is 0. The van der Waals surface area contributed by atoms with Crippen molar-refractivity contribution in [1.82, 2.24) is 0 Å². The molecule has 0 unspecified atom stereocenters. The fraction of sp³-hybridized carbons (Fsp3) is 0.222. The summed E-state index contributed by atoms with van der Waals surface area (Å²) in [4.78, 5) is 23.7. The third kappa shape index (κ3) is 4.39. The molecule has 0 saturated carbocycles. The SMILES string of the molecule is Cc1ccc(NC(=O)COC(=O)c2ccc(C)c(C)c2)c(F)c1. The minimum atomic E-state index is -0.593. The van der Waals surface area contributed by atoms with Gasteiger partial charge in [-0.3, -0.25) is 4.79 Å². The molecule has 0 spiro atoms. The lowest BCUT2D eigenvalue weighted by molar-refractivity contribution is -0.119. The standard InChI is InChI=1S/C18H18FNO3/c1-11-4-7-16(15(19)8-11)20-17(21)10-23-18(22)14-6-5-12(2)13(3)9-14/h4-9H,10H2,1-3H3,(H,20,21). The van der Waals surface area contributed by atoms with Gasteiger partial charge in [-0.2, -0.15) is 0 Å². The molecule has 0 saturated heterocycles. The number of anilines is 1. The van der Waals surface area contributed by atoms with Crippen molar-refractivity contribution < 1.29 is 18.7 Å². The molecule has 120 valence electrons. The van der Waals surface area contributed by atoms with Crippen LogP contribution in [0, 0.1) is 26.6 Å². The second-order valence-electron chi connectivity index (χ2n) is 5.41. The third-order valence-electron chi connectivity index (χ3n) is 3.48. The van der Waals surface area contributed by atoms with Crippen molar-refractivity contribution >= 4 is 17.6 Å². The molecular formula is C18H18FNO3. The molecule has 0 aliphatic carbocycles. The van der Waals surface area contributed by atoms with Crippen LogP contribution in [0.4, 0.5) is 10.1 Å². The number of nitrogens with one attached hydrogen (secondary N) is 1. The topological polar surface area (TPSA) is 55.4 Å². The number of carbonyl (C=O) groups is 2. The average molecular weight is 315 g/mol. The number of amides is 1. The van der Waals surface area contributed by atoms with Crippen molar-refractivity contribution in [3.8, 4) is 0 Å². The number of ether oxygens (including phenoxy) is 1. The van der Waals surface area contributed by atoms with Gasteiger partial charge in [-0.25, -0.2) is 9.18 Å². The van der Waals surface area contributed by atoms with Gasteiger partial charge in [0.15, 0.2) is 6.61 Å². The molecule has 2 rings (SSSR count). The molecule has 0 fully saturated rings. The zero-order valence-corrected chi connectivity index (χ0v) is 13.3. The van der Waals surface area contributed by atoms with Crippen molar-refractivity contribution in [2.24, 2.45) is 0 Å². The minimum absolute atomic E-state index is 0.0582. The molecule has 2 aromatic rings. The van der Waals surface area contributed by atoms with Crippen LogP contribution in [0.3, 0.4) is 0 Å². The van der Waals surface area contributed by atoms with E-state index in [1.807, 2.05) is 19.9 Å². The smallest absolute Gasteiger partial charge is 0.338 e. The Bertz CT molecular complexity index is 756. The molecule has 0 aliphatic heterocycles. The highest BCUT2D eigenvalue weighted by Crippen LogP contribution is 2.15. The van der Waals surface area contributed by atoms with Gasteiger partial charge in [-0.1, -0.05) is 12.1 Å². The largest absolute Gasteiger partial charge is 0.452 e. The summed E-state index contributed by atoms with van der Waals surface area (Å²) in [5.41, 5.74) is 3.21. The van der Waals surface area contributed by atoms with Crippen LogP contribution in [0.2, 0.25) is 0 Å². The summed E-state index contributed by atoms with van der Waals surface area (Å²) in [5.74, 6) is -1.71. The van der Waals surface area contributed by atoms with E-state index in [1.54, 1.807) is 25.1 Å². The van der Waals surface area contributed by atoms with Gasteiger partial charge < -0.3 is 10.1 Å². The first-order valence-corrected chi connectivity index (χ1v) is 7.17. The Morgan fingerprint density at radius 2 is 1.78 bits per heavy atom. The van der Waals surface area contributed by atoms with E-state index in [9.17, 15) is 14.0 Å². The van der Waals surface area contributed by atoms with E-state index in [4.69, 9.17) is 4.74 Å². The summed E-state index contributed by atoms with van der Waals surface area (Å²) in [6.45, 7) is 5.10. The molecule has 0 atom stereocenters. The molecule has 0 radical (unpaired) electrons. The monoisotopic (exact) mass is 315 g/mol. The second kappa shape index (κ2) is 7.05. The summed E-state index contributed by atoms with van der Waals surface area (Å²) < 4.78 is 18.6. The summed E-state index contributed by atoms with van der Waals surface area (Å²) in [6, 6.07) is 9.62. The first kappa shape index (κ1) is 16.7. The van der Waals surface area contributed by atoms with Gasteiger partial charge in [0.2, 0.25) is 0 Å². The molecule has 0 heterocycles. The van der Waals surface area contributed by atoms with Gasteiger partial charge in [0.1, 0.15) is 5.82 Å². The molecule has 1 N–H and O–H groups in total. The molecule has 23 heavy (non-hydrogen) atoms. The van der Waals surface area contributed by atoms with Crippen molar-refractivity contribution in [3.05, 3.63) is 64.5 Å². The highest BCUT2D eigenvalue weighted by atomic mass is 19.1. The molecular weight excluding hydrogens is 297 g/mol. The van der Waals surface area contributed by atoms with E-state index < -0.39 is 24.3 Å². The van der Waals surface area contributed by atoms with Crippen LogP contribution in [0.25, 0.3) is 0 Å². The molecule has 1 amide bonds. The van der Waals surface area contributed by atoms with Crippen LogP contribution in [-0.4, -0.2) is 18.5 Å². The Balaban J connectivity index is 1.93. The Morgan fingerprint density at radius 3 is 2.43 bits per heavy atom. The Labute approximate surface area is 134 Å². The first-order valence-electron chi connectivity index (χ1n) is 7.17. The molecule has 0 bridgehead atoms. The van der Waals surface area contributed by atoms with Gasteiger partial charge in [0.25, 0.3) is 5.91 Å². The number of halogens is 1. The molecule has 4 nitrogen and oxygen atoms in total. The number of esters is 1. The van der Waals surface area contributed by atoms with E-state index >= 15 is 0 Å². The van der Waals surface area contributed by atoms with E-state index in [1.165, 1.54) is 12.1 Å². The van der Waals surface area contributed by atoms with E-state index in [-0.39, 0.29) is 5.69 Å². The normalized spacial score (nSPS) is 10.3. The maximum atomic E-state index is 13.6. The van der Waals surface area contributed by atoms with Gasteiger partial charge in [0.05, 0.1) is 11.3 Å². The van der Waals surface area contributed by atoms with Gasteiger partial charge >= 0.3 is 5.97 Å². The highest BCUT2D eigenvalue weighted by Gasteiger charge is 2.12. The highest BCUT2D eigenvalue weighted by molar-refractivity contribution is 5.95. The lowest BCUT2D eigenvalue weighted by atomic mass is 10.1. The predicted octanol–water partition coefficient (Wildman–Crippen LogP) is 3.55. The van der Waals surface area contributed by atoms with E-state index in [0.717, 1.165) is 16.7 Å². The van der Waals surface area contributed by atoms with Gasteiger partial charge in [-0.05, 0) is 61.7 Å². The quantitative estimate of drug-likeness (QED) is 0.878. The lowest BCUT2D eigenvalue weighted by Gasteiger charge is -2.09. The minimum Gasteiger partial charge on any atom is -0.452 e. The number of aryl methyl sites for hydroxylation is 3. The number of rotatable bonds is 4. The molecule has 2 aromatic carbocycles. The molecule has 0 aromatic heterocycles. The maximum absolute atomic E-state index is 13.6. The maximum Gasteiger partial charge on any atom is 0.338 e. The van der Waals surface area contributed by atoms with Crippen molar-refractivity contribution in [3.63, 3.8) is 0 Å². The van der Waals surface area contributed by atoms with Crippen molar-refractivity contribution in [1.29, 1.82) is 0 Å².